The lowest BCUT2D eigenvalue weighted by atomic mass is 10.3. The zero-order chi connectivity index (χ0) is 17.8. The molecule has 0 bridgehead atoms. The van der Waals surface area contributed by atoms with Crippen LogP contribution in [0, 0.1) is 0 Å². The van der Waals surface area contributed by atoms with Gasteiger partial charge in [-0.1, -0.05) is 12.1 Å². The van der Waals surface area contributed by atoms with Gasteiger partial charge < -0.3 is 15.0 Å². The molecule has 0 aliphatic carbocycles. The minimum absolute atomic E-state index is 0.0179. The highest BCUT2D eigenvalue weighted by Crippen LogP contribution is 2.24. The Morgan fingerprint density at radius 3 is 2.64 bits per heavy atom. The van der Waals surface area contributed by atoms with Crippen molar-refractivity contribution in [2.24, 2.45) is 0 Å². The lowest BCUT2D eigenvalue weighted by Crippen LogP contribution is -3.10. The average Bonchev–Trinajstić information content (AvgIpc) is 3.05. The molecule has 1 amide bonds. The first-order chi connectivity index (χ1) is 12.1. The maximum Gasteiger partial charge on any atom is 0.279 e. The van der Waals surface area contributed by atoms with Crippen molar-refractivity contribution in [3.8, 4) is 5.75 Å². The Morgan fingerprint density at radius 1 is 1.24 bits per heavy atom. The SMILES string of the molecule is COc1ccc(NC(=O)C[NH+](C)[C@H](C)c2nc3ccccc3s2)cc1. The summed E-state index contributed by atoms with van der Waals surface area (Å²) in [6, 6.07) is 15.6. The smallest absolute Gasteiger partial charge is 0.279 e. The second-order valence-electron chi connectivity index (χ2n) is 6.04. The molecule has 6 heteroatoms. The highest BCUT2D eigenvalue weighted by molar-refractivity contribution is 7.18. The summed E-state index contributed by atoms with van der Waals surface area (Å²) >= 11 is 1.69. The first-order valence-corrected chi connectivity index (χ1v) is 9.00. The first-order valence-electron chi connectivity index (χ1n) is 8.18. The number of fused-ring (bicyclic) bond motifs is 1. The molecule has 2 N–H and O–H groups in total. The van der Waals surface area contributed by atoms with Crippen molar-refractivity contribution in [1.29, 1.82) is 0 Å². The Kier molecular flexibility index (Phi) is 5.31. The van der Waals surface area contributed by atoms with E-state index in [2.05, 4.69) is 18.3 Å². The average molecular weight is 356 g/mol. The molecule has 0 saturated carbocycles. The highest BCUT2D eigenvalue weighted by atomic mass is 32.1. The molecule has 3 aromatic rings. The molecule has 0 aliphatic rings. The third kappa shape index (κ3) is 4.15. The predicted octanol–water partition coefficient (Wildman–Crippen LogP) is 2.52. The lowest BCUT2D eigenvalue weighted by Gasteiger charge is -2.19. The van der Waals surface area contributed by atoms with Gasteiger partial charge in [0.05, 0.1) is 24.4 Å². The molecule has 5 nitrogen and oxygen atoms in total. The van der Waals surface area contributed by atoms with Crippen molar-refractivity contribution < 1.29 is 14.4 Å². The molecule has 2 aromatic carbocycles. The molecule has 2 atom stereocenters. The van der Waals surface area contributed by atoms with Gasteiger partial charge in [0.2, 0.25) is 0 Å². The molecule has 1 heterocycles. The number of likely N-dealkylation sites (N-methyl/N-ethyl adjacent to an activating group) is 1. The molecule has 0 radical (unpaired) electrons. The van der Waals surface area contributed by atoms with Gasteiger partial charge in [-0.25, -0.2) is 4.98 Å². The Bertz CT molecular complexity index is 827. The van der Waals surface area contributed by atoms with E-state index in [1.165, 1.54) is 4.70 Å². The van der Waals surface area contributed by atoms with Crippen molar-refractivity contribution in [3.05, 3.63) is 53.5 Å². The van der Waals surface area contributed by atoms with Gasteiger partial charge >= 0.3 is 0 Å². The van der Waals surface area contributed by atoms with Crippen LogP contribution in [0.3, 0.4) is 0 Å². The molecule has 0 spiro atoms. The Morgan fingerprint density at radius 2 is 1.96 bits per heavy atom. The number of amides is 1. The van der Waals surface area contributed by atoms with E-state index in [1.807, 2.05) is 49.5 Å². The van der Waals surface area contributed by atoms with Crippen molar-refractivity contribution in [2.45, 2.75) is 13.0 Å². The van der Waals surface area contributed by atoms with E-state index in [4.69, 9.17) is 9.72 Å². The number of quaternary nitrogens is 1. The number of hydrogen-bond acceptors (Lipinski definition) is 4. The van der Waals surface area contributed by atoms with Crippen LogP contribution in [0.4, 0.5) is 5.69 Å². The number of anilines is 1. The topological polar surface area (TPSA) is 55.7 Å². The quantitative estimate of drug-likeness (QED) is 0.714. The van der Waals surface area contributed by atoms with Crippen LogP contribution in [0.2, 0.25) is 0 Å². The number of para-hydroxylation sites is 1. The summed E-state index contributed by atoms with van der Waals surface area (Å²) < 4.78 is 6.30. The largest absolute Gasteiger partial charge is 0.497 e. The molecule has 0 saturated heterocycles. The second-order valence-corrected chi connectivity index (χ2v) is 7.10. The molecule has 130 valence electrons. The van der Waals surface area contributed by atoms with Crippen LogP contribution in [-0.4, -0.2) is 31.6 Å². The first kappa shape index (κ1) is 17.4. The minimum atomic E-state index is -0.0179. The van der Waals surface area contributed by atoms with Crippen molar-refractivity contribution >= 4 is 33.1 Å². The van der Waals surface area contributed by atoms with Gasteiger partial charge in [0.15, 0.2) is 11.6 Å². The monoisotopic (exact) mass is 356 g/mol. The number of rotatable bonds is 6. The van der Waals surface area contributed by atoms with E-state index in [-0.39, 0.29) is 11.9 Å². The van der Waals surface area contributed by atoms with Gasteiger partial charge in [0.25, 0.3) is 5.91 Å². The van der Waals surface area contributed by atoms with Crippen LogP contribution in [0.15, 0.2) is 48.5 Å². The normalized spacial score (nSPS) is 13.4. The Labute approximate surface area is 151 Å². The maximum atomic E-state index is 12.3. The molecule has 25 heavy (non-hydrogen) atoms. The Hall–Kier alpha value is -2.44. The number of benzene rings is 2. The number of aromatic nitrogens is 1. The van der Waals surface area contributed by atoms with Gasteiger partial charge in [0.1, 0.15) is 11.8 Å². The summed E-state index contributed by atoms with van der Waals surface area (Å²) in [7, 11) is 3.64. The van der Waals surface area contributed by atoms with E-state index < -0.39 is 0 Å². The van der Waals surface area contributed by atoms with E-state index in [0.717, 1.165) is 26.9 Å². The van der Waals surface area contributed by atoms with E-state index >= 15 is 0 Å². The van der Waals surface area contributed by atoms with Crippen molar-refractivity contribution in [3.63, 3.8) is 0 Å². The summed E-state index contributed by atoms with van der Waals surface area (Å²) in [5, 5.41) is 3.98. The fraction of sp³-hybridized carbons (Fsp3) is 0.263. The van der Waals surface area contributed by atoms with Crippen molar-refractivity contribution in [1.82, 2.24) is 4.98 Å². The molecule has 1 aromatic heterocycles. The van der Waals surface area contributed by atoms with Crippen LogP contribution in [0.25, 0.3) is 10.2 Å². The zero-order valence-corrected chi connectivity index (χ0v) is 15.4. The van der Waals surface area contributed by atoms with E-state index in [1.54, 1.807) is 18.4 Å². The van der Waals surface area contributed by atoms with Crippen LogP contribution in [0.1, 0.15) is 18.0 Å². The Balaban J connectivity index is 1.61. The molecule has 1 unspecified atom stereocenters. The number of nitrogens with one attached hydrogen (secondary N) is 2. The minimum Gasteiger partial charge on any atom is -0.497 e. The third-order valence-corrected chi connectivity index (χ3v) is 5.45. The standard InChI is InChI=1S/C19H21N3O2S/c1-13(19-21-16-6-4-5-7-17(16)25-19)22(2)12-18(23)20-14-8-10-15(24-3)11-9-14/h4-11,13H,12H2,1-3H3,(H,20,23)/p+1/t13-/m1/s1. The summed E-state index contributed by atoms with van der Waals surface area (Å²) in [5.74, 6) is 0.751. The summed E-state index contributed by atoms with van der Waals surface area (Å²) in [6.45, 7) is 2.48. The summed E-state index contributed by atoms with van der Waals surface area (Å²) in [6.07, 6.45) is 0. The number of nitrogens with zero attached hydrogens (tertiary/aromatic N) is 1. The van der Waals surface area contributed by atoms with Gasteiger partial charge in [-0.2, -0.15) is 0 Å². The van der Waals surface area contributed by atoms with Crippen LogP contribution in [0.5, 0.6) is 5.75 Å². The van der Waals surface area contributed by atoms with Crippen molar-refractivity contribution in [2.75, 3.05) is 26.0 Å². The van der Waals surface area contributed by atoms with Gasteiger partial charge in [-0.05, 0) is 43.3 Å². The fourth-order valence-electron chi connectivity index (χ4n) is 2.57. The van der Waals surface area contributed by atoms with Gasteiger partial charge in [-0.15, -0.1) is 11.3 Å². The number of hydrogen-bond donors (Lipinski definition) is 2. The molecule has 0 aliphatic heterocycles. The number of carbonyl (C=O) groups excluding carboxylic acids is 1. The van der Waals surface area contributed by atoms with E-state index in [0.29, 0.717) is 6.54 Å². The number of thiazole rings is 1. The third-order valence-electron chi connectivity index (χ3n) is 4.23. The van der Waals surface area contributed by atoms with Crippen LogP contribution < -0.4 is 15.0 Å². The summed E-state index contributed by atoms with van der Waals surface area (Å²) in [4.78, 5) is 18.1. The number of methoxy groups -OCH3 is 1. The maximum absolute atomic E-state index is 12.3. The highest BCUT2D eigenvalue weighted by Gasteiger charge is 2.22. The summed E-state index contributed by atoms with van der Waals surface area (Å²) in [5.41, 5.74) is 1.79. The van der Waals surface area contributed by atoms with Crippen LogP contribution >= 0.6 is 11.3 Å². The number of ether oxygens (including phenoxy) is 1. The number of carbonyl (C=O) groups is 1. The predicted molar refractivity (Wildman–Crippen MR) is 101 cm³/mol. The molecular formula is C19H22N3O2S+. The van der Waals surface area contributed by atoms with E-state index in [9.17, 15) is 4.79 Å². The lowest BCUT2D eigenvalue weighted by molar-refractivity contribution is -0.902. The van der Waals surface area contributed by atoms with Crippen LogP contribution in [-0.2, 0) is 4.79 Å². The van der Waals surface area contributed by atoms with Gasteiger partial charge in [-0.3, -0.25) is 4.79 Å². The zero-order valence-electron chi connectivity index (χ0n) is 14.6. The second kappa shape index (κ2) is 7.63. The fourth-order valence-corrected chi connectivity index (χ4v) is 3.68. The molecular weight excluding hydrogens is 334 g/mol. The molecule has 3 rings (SSSR count). The molecule has 0 fully saturated rings. The van der Waals surface area contributed by atoms with Gasteiger partial charge in [0, 0.05) is 5.69 Å².